The topological polar surface area (TPSA) is 40.1 Å². The molecule has 0 spiro atoms. The fraction of sp³-hybridized carbons (Fsp3) is 0.611. The van der Waals surface area contributed by atoms with Gasteiger partial charge in [-0.25, -0.2) is 4.39 Å². The molecule has 1 heterocycles. The van der Waals surface area contributed by atoms with E-state index < -0.39 is 0 Å². The third kappa shape index (κ3) is 5.18. The van der Waals surface area contributed by atoms with Gasteiger partial charge < -0.3 is 19.9 Å². The molecule has 0 aromatic heterocycles. The van der Waals surface area contributed by atoms with Crippen molar-refractivity contribution in [3.05, 3.63) is 35.6 Å². The predicted molar refractivity (Wildman–Crippen MR) is 95.8 cm³/mol. The molecule has 24 heavy (non-hydrogen) atoms. The lowest BCUT2D eigenvalue weighted by molar-refractivity contribution is -0.0605. The molecule has 2 unspecified atom stereocenters. The van der Waals surface area contributed by atoms with Crippen LogP contribution in [0.4, 0.5) is 4.39 Å². The summed E-state index contributed by atoms with van der Waals surface area (Å²) in [6, 6.07) is 6.55. The first-order valence-corrected chi connectivity index (χ1v) is 8.58. The van der Waals surface area contributed by atoms with Crippen LogP contribution in [-0.4, -0.2) is 68.7 Å². The summed E-state index contributed by atoms with van der Waals surface area (Å²) in [5.41, 5.74) is 0.995. The number of ether oxygens (including phenoxy) is 1. The number of halogens is 1. The minimum Gasteiger partial charge on any atom is -0.367 e. The van der Waals surface area contributed by atoms with Gasteiger partial charge in [-0.1, -0.05) is 19.1 Å². The molecule has 0 amide bonds. The van der Waals surface area contributed by atoms with E-state index in [9.17, 15) is 4.39 Å². The Morgan fingerprint density at radius 3 is 2.71 bits per heavy atom. The molecule has 134 valence electrons. The van der Waals surface area contributed by atoms with Gasteiger partial charge in [0.25, 0.3) is 0 Å². The summed E-state index contributed by atoms with van der Waals surface area (Å²) in [6.07, 6.45) is 0.0110. The molecule has 2 rings (SSSR count). The summed E-state index contributed by atoms with van der Waals surface area (Å²) < 4.78 is 19.2. The van der Waals surface area contributed by atoms with Crippen LogP contribution in [0, 0.1) is 5.82 Å². The Labute approximate surface area is 144 Å². The van der Waals surface area contributed by atoms with Crippen LogP contribution in [0.25, 0.3) is 0 Å². The molecule has 1 aliphatic rings. The van der Waals surface area contributed by atoms with Gasteiger partial charge in [-0.3, -0.25) is 4.99 Å². The van der Waals surface area contributed by atoms with E-state index in [0.29, 0.717) is 6.54 Å². The van der Waals surface area contributed by atoms with Crippen molar-refractivity contribution in [3.63, 3.8) is 0 Å². The second-order valence-electron chi connectivity index (χ2n) is 6.26. The van der Waals surface area contributed by atoms with Gasteiger partial charge >= 0.3 is 0 Å². The van der Waals surface area contributed by atoms with Crippen LogP contribution >= 0.6 is 0 Å². The van der Waals surface area contributed by atoms with Crippen molar-refractivity contribution in [2.75, 3.05) is 46.8 Å². The molecular formula is C18H29FN4O. The summed E-state index contributed by atoms with van der Waals surface area (Å²) in [4.78, 5) is 8.88. The number of morpholine rings is 1. The van der Waals surface area contributed by atoms with Gasteiger partial charge in [0.1, 0.15) is 11.9 Å². The zero-order valence-electron chi connectivity index (χ0n) is 15.1. The van der Waals surface area contributed by atoms with Crippen molar-refractivity contribution >= 4 is 5.96 Å². The molecule has 6 heteroatoms. The van der Waals surface area contributed by atoms with E-state index in [1.165, 1.54) is 12.1 Å². The lowest BCUT2D eigenvalue weighted by Gasteiger charge is -2.38. The lowest BCUT2D eigenvalue weighted by Crippen LogP contribution is -2.51. The number of benzene rings is 1. The van der Waals surface area contributed by atoms with Crippen molar-refractivity contribution < 1.29 is 9.13 Å². The largest absolute Gasteiger partial charge is 0.367 e. The minimum absolute atomic E-state index is 0.0776. The van der Waals surface area contributed by atoms with Crippen molar-refractivity contribution in [1.29, 1.82) is 0 Å². The molecule has 5 nitrogen and oxygen atoms in total. The molecule has 1 saturated heterocycles. The SMILES string of the molecule is CCN(C)CCNC(=NC)N1CC(C)OC(c2ccc(F)cc2)C1. The number of aliphatic imine (C=N–C) groups is 1. The van der Waals surface area contributed by atoms with Gasteiger partial charge in [0.05, 0.1) is 12.6 Å². The second kappa shape index (κ2) is 8.99. The Balaban J connectivity index is 1.99. The number of rotatable bonds is 5. The van der Waals surface area contributed by atoms with E-state index in [0.717, 1.165) is 37.7 Å². The first-order chi connectivity index (χ1) is 11.5. The van der Waals surface area contributed by atoms with Crippen LogP contribution in [-0.2, 0) is 4.74 Å². The molecule has 1 N–H and O–H groups in total. The molecule has 2 atom stereocenters. The second-order valence-corrected chi connectivity index (χ2v) is 6.26. The van der Waals surface area contributed by atoms with Crippen LogP contribution in [0.1, 0.15) is 25.5 Å². The first kappa shape index (κ1) is 18.7. The fourth-order valence-corrected chi connectivity index (χ4v) is 2.83. The Kier molecular flexibility index (Phi) is 6.99. The average molecular weight is 336 g/mol. The van der Waals surface area contributed by atoms with Crippen molar-refractivity contribution in [1.82, 2.24) is 15.1 Å². The number of nitrogens with one attached hydrogen (secondary N) is 1. The third-order valence-electron chi connectivity index (χ3n) is 4.33. The molecule has 1 aliphatic heterocycles. The Morgan fingerprint density at radius 2 is 2.08 bits per heavy atom. The number of likely N-dealkylation sites (N-methyl/N-ethyl adjacent to an activating group) is 1. The van der Waals surface area contributed by atoms with Crippen molar-refractivity contribution in [2.45, 2.75) is 26.1 Å². The van der Waals surface area contributed by atoms with E-state index in [2.05, 4.69) is 41.0 Å². The Morgan fingerprint density at radius 1 is 1.38 bits per heavy atom. The van der Waals surface area contributed by atoms with Gasteiger partial charge in [0, 0.05) is 26.7 Å². The quantitative estimate of drug-likeness (QED) is 0.660. The average Bonchev–Trinajstić information content (AvgIpc) is 2.58. The van der Waals surface area contributed by atoms with Crippen LogP contribution in [0.3, 0.4) is 0 Å². The smallest absolute Gasteiger partial charge is 0.193 e. The van der Waals surface area contributed by atoms with E-state index in [1.54, 1.807) is 19.2 Å². The van der Waals surface area contributed by atoms with Gasteiger partial charge in [0.15, 0.2) is 5.96 Å². The van der Waals surface area contributed by atoms with Gasteiger partial charge in [0.2, 0.25) is 0 Å². The minimum atomic E-state index is -0.225. The van der Waals surface area contributed by atoms with E-state index in [-0.39, 0.29) is 18.0 Å². The summed E-state index contributed by atoms with van der Waals surface area (Å²) in [5, 5.41) is 3.42. The molecular weight excluding hydrogens is 307 g/mol. The summed E-state index contributed by atoms with van der Waals surface area (Å²) in [5.74, 6) is 0.666. The number of nitrogens with zero attached hydrogens (tertiary/aromatic N) is 3. The highest BCUT2D eigenvalue weighted by molar-refractivity contribution is 5.80. The van der Waals surface area contributed by atoms with Gasteiger partial charge in [-0.05, 0) is 38.2 Å². The molecule has 1 aromatic carbocycles. The van der Waals surface area contributed by atoms with Gasteiger partial charge in [-0.15, -0.1) is 0 Å². The fourth-order valence-electron chi connectivity index (χ4n) is 2.83. The van der Waals surface area contributed by atoms with E-state index in [1.807, 2.05) is 0 Å². The number of hydrogen-bond acceptors (Lipinski definition) is 3. The van der Waals surface area contributed by atoms with Gasteiger partial charge in [-0.2, -0.15) is 0 Å². The normalized spacial score (nSPS) is 22.1. The predicted octanol–water partition coefficient (Wildman–Crippen LogP) is 2.11. The number of hydrogen-bond donors (Lipinski definition) is 1. The maximum absolute atomic E-state index is 13.1. The monoisotopic (exact) mass is 336 g/mol. The van der Waals surface area contributed by atoms with E-state index >= 15 is 0 Å². The number of guanidine groups is 1. The van der Waals surface area contributed by atoms with Crippen LogP contribution in [0.5, 0.6) is 0 Å². The van der Waals surface area contributed by atoms with Crippen LogP contribution in [0.15, 0.2) is 29.3 Å². The highest BCUT2D eigenvalue weighted by atomic mass is 19.1. The summed E-state index contributed by atoms with van der Waals surface area (Å²) in [7, 11) is 3.91. The molecule has 0 saturated carbocycles. The maximum atomic E-state index is 13.1. The van der Waals surface area contributed by atoms with Crippen LogP contribution < -0.4 is 5.32 Å². The Hall–Kier alpha value is -1.66. The van der Waals surface area contributed by atoms with Crippen molar-refractivity contribution in [3.8, 4) is 0 Å². The molecule has 0 bridgehead atoms. The van der Waals surface area contributed by atoms with Crippen LogP contribution in [0.2, 0.25) is 0 Å². The standard InChI is InChI=1S/C18H29FN4O/c1-5-22(4)11-10-21-18(20-3)23-12-14(2)24-17(13-23)15-6-8-16(19)9-7-15/h6-9,14,17H,5,10-13H2,1-4H3,(H,20,21). The summed E-state index contributed by atoms with van der Waals surface area (Å²) in [6.45, 7) is 8.55. The Bertz CT molecular complexity index is 534. The maximum Gasteiger partial charge on any atom is 0.193 e. The molecule has 0 radical (unpaired) electrons. The first-order valence-electron chi connectivity index (χ1n) is 8.58. The van der Waals surface area contributed by atoms with E-state index in [4.69, 9.17) is 4.74 Å². The third-order valence-corrected chi connectivity index (χ3v) is 4.33. The zero-order chi connectivity index (χ0) is 17.5. The highest BCUT2D eigenvalue weighted by Crippen LogP contribution is 2.25. The molecule has 1 fully saturated rings. The lowest BCUT2D eigenvalue weighted by atomic mass is 10.1. The highest BCUT2D eigenvalue weighted by Gasteiger charge is 2.28. The molecule has 1 aromatic rings. The summed E-state index contributed by atoms with van der Waals surface area (Å²) >= 11 is 0. The molecule has 0 aliphatic carbocycles. The zero-order valence-corrected chi connectivity index (χ0v) is 15.1. The van der Waals surface area contributed by atoms with Crippen molar-refractivity contribution in [2.24, 2.45) is 4.99 Å².